The predicted molar refractivity (Wildman–Crippen MR) is 76.2 cm³/mol. The Morgan fingerprint density at radius 1 is 1.35 bits per heavy atom. The molecule has 0 saturated heterocycles. The Morgan fingerprint density at radius 2 is 2.05 bits per heavy atom. The quantitative estimate of drug-likeness (QED) is 0.910. The van der Waals surface area contributed by atoms with Crippen LogP contribution in [0.3, 0.4) is 0 Å². The van der Waals surface area contributed by atoms with Crippen LogP contribution in [0.5, 0.6) is 0 Å². The van der Waals surface area contributed by atoms with Crippen LogP contribution in [0, 0.1) is 0 Å². The van der Waals surface area contributed by atoms with E-state index in [1.54, 1.807) is 13.0 Å². The minimum atomic E-state index is -3.59. The smallest absolute Gasteiger partial charge is 0.408 e. The van der Waals surface area contributed by atoms with Crippen LogP contribution in [-0.4, -0.2) is 19.0 Å². The molecule has 1 atom stereocenters. The van der Waals surface area contributed by atoms with Crippen molar-refractivity contribution in [1.29, 1.82) is 0 Å². The summed E-state index contributed by atoms with van der Waals surface area (Å²) in [5.74, 6) is -0.480. The molecule has 110 valence electrons. The van der Waals surface area contributed by atoms with E-state index < -0.39 is 15.8 Å². The Bertz CT molecular complexity index is 773. The zero-order valence-corrected chi connectivity index (χ0v) is 12.5. The molecule has 0 unspecified atom stereocenters. The molecule has 2 aromatic rings. The van der Waals surface area contributed by atoms with Crippen molar-refractivity contribution in [3.63, 3.8) is 0 Å². The molecule has 0 amide bonds. The lowest BCUT2D eigenvalue weighted by Gasteiger charge is -2.11. The molecule has 0 fully saturated rings. The Balaban J connectivity index is 2.50. The fourth-order valence-corrected chi connectivity index (χ4v) is 3.27. The number of aromatic nitrogens is 1. The topological polar surface area (TPSA) is 81.3 Å². The maximum atomic E-state index is 12.2. The van der Waals surface area contributed by atoms with Crippen LogP contribution in [0.2, 0.25) is 0 Å². The number of aryl methyl sites for hydroxylation is 1. The molecular formula is C13H18N2O4S. The van der Waals surface area contributed by atoms with Gasteiger partial charge in [-0.05, 0) is 32.4 Å². The third kappa shape index (κ3) is 2.64. The first-order valence-electron chi connectivity index (χ1n) is 6.54. The van der Waals surface area contributed by atoms with E-state index >= 15 is 0 Å². The van der Waals surface area contributed by atoms with Crippen LogP contribution in [-0.2, 0) is 16.6 Å². The Morgan fingerprint density at radius 3 is 2.65 bits per heavy atom. The molecule has 6 nitrogen and oxygen atoms in total. The zero-order chi connectivity index (χ0) is 14.9. The third-order valence-electron chi connectivity index (χ3n) is 3.23. The average molecular weight is 298 g/mol. The minimum absolute atomic E-state index is 0.0994. The SMILES string of the molecule is CC[C@@H](C)NS(=O)(=O)c1ccc2c(c1)oc(=O)n2CC. The van der Waals surface area contributed by atoms with E-state index in [1.165, 1.54) is 16.7 Å². The fraction of sp³-hybridized carbons (Fsp3) is 0.462. The molecule has 1 heterocycles. The van der Waals surface area contributed by atoms with Gasteiger partial charge in [-0.25, -0.2) is 17.9 Å². The molecule has 0 bridgehead atoms. The Hall–Kier alpha value is -1.60. The molecule has 0 aliphatic heterocycles. The average Bonchev–Trinajstić information content (AvgIpc) is 2.72. The minimum Gasteiger partial charge on any atom is -0.408 e. The van der Waals surface area contributed by atoms with E-state index in [0.29, 0.717) is 18.5 Å². The van der Waals surface area contributed by atoms with E-state index in [2.05, 4.69) is 4.72 Å². The lowest BCUT2D eigenvalue weighted by Crippen LogP contribution is -2.31. The number of fused-ring (bicyclic) bond motifs is 1. The molecule has 0 spiro atoms. The van der Waals surface area contributed by atoms with Crippen molar-refractivity contribution in [2.45, 2.75) is 44.7 Å². The number of oxazole rings is 1. The first kappa shape index (κ1) is 14.8. The van der Waals surface area contributed by atoms with Crippen LogP contribution in [0.15, 0.2) is 32.3 Å². The number of nitrogens with zero attached hydrogens (tertiary/aromatic N) is 1. The summed E-state index contributed by atoms with van der Waals surface area (Å²) in [4.78, 5) is 11.7. The molecule has 0 saturated carbocycles. The van der Waals surface area contributed by atoms with Crippen molar-refractivity contribution in [2.75, 3.05) is 0 Å². The van der Waals surface area contributed by atoms with Crippen LogP contribution in [0.4, 0.5) is 0 Å². The van der Waals surface area contributed by atoms with E-state index in [9.17, 15) is 13.2 Å². The summed E-state index contributed by atoms with van der Waals surface area (Å²) < 4.78 is 33.4. The molecule has 1 aromatic carbocycles. The van der Waals surface area contributed by atoms with Gasteiger partial charge in [0, 0.05) is 18.7 Å². The Kier molecular flexibility index (Phi) is 4.01. The van der Waals surface area contributed by atoms with Crippen LogP contribution >= 0.6 is 0 Å². The van der Waals surface area contributed by atoms with E-state index in [4.69, 9.17) is 4.42 Å². The van der Waals surface area contributed by atoms with Crippen LogP contribution in [0.1, 0.15) is 27.2 Å². The van der Waals surface area contributed by atoms with Crippen molar-refractivity contribution in [1.82, 2.24) is 9.29 Å². The third-order valence-corrected chi connectivity index (χ3v) is 4.82. The van der Waals surface area contributed by atoms with E-state index in [0.717, 1.165) is 0 Å². The maximum Gasteiger partial charge on any atom is 0.419 e. The second-order valence-electron chi connectivity index (χ2n) is 4.67. The van der Waals surface area contributed by atoms with Gasteiger partial charge in [0.25, 0.3) is 0 Å². The van der Waals surface area contributed by atoms with Crippen molar-refractivity contribution in [3.8, 4) is 0 Å². The van der Waals surface area contributed by atoms with Gasteiger partial charge in [0.2, 0.25) is 10.0 Å². The normalized spacial score (nSPS) is 13.8. The highest BCUT2D eigenvalue weighted by Crippen LogP contribution is 2.18. The zero-order valence-electron chi connectivity index (χ0n) is 11.7. The molecular weight excluding hydrogens is 280 g/mol. The lowest BCUT2D eigenvalue weighted by molar-refractivity contribution is 0.512. The van der Waals surface area contributed by atoms with Crippen LogP contribution < -0.4 is 10.5 Å². The number of rotatable bonds is 5. The molecule has 1 N–H and O–H groups in total. The maximum absolute atomic E-state index is 12.2. The molecule has 0 aliphatic rings. The summed E-state index contributed by atoms with van der Waals surface area (Å²) >= 11 is 0. The number of nitrogens with one attached hydrogen (secondary N) is 1. The highest BCUT2D eigenvalue weighted by Gasteiger charge is 2.18. The monoisotopic (exact) mass is 298 g/mol. The molecule has 1 aromatic heterocycles. The summed E-state index contributed by atoms with van der Waals surface area (Å²) in [7, 11) is -3.59. The van der Waals surface area contributed by atoms with Gasteiger partial charge in [-0.2, -0.15) is 0 Å². The van der Waals surface area contributed by atoms with Gasteiger partial charge in [-0.1, -0.05) is 6.92 Å². The molecule has 0 aliphatic carbocycles. The summed E-state index contributed by atoms with van der Waals surface area (Å²) in [5, 5.41) is 0. The van der Waals surface area contributed by atoms with E-state index in [1.807, 2.05) is 13.8 Å². The summed E-state index contributed by atoms with van der Waals surface area (Å²) in [6.07, 6.45) is 0.697. The second-order valence-corrected chi connectivity index (χ2v) is 6.39. The van der Waals surface area contributed by atoms with Gasteiger partial charge in [0.05, 0.1) is 10.4 Å². The van der Waals surface area contributed by atoms with Crippen molar-refractivity contribution >= 4 is 21.1 Å². The highest BCUT2D eigenvalue weighted by atomic mass is 32.2. The van der Waals surface area contributed by atoms with Gasteiger partial charge in [-0.3, -0.25) is 4.57 Å². The van der Waals surface area contributed by atoms with Gasteiger partial charge in [0.15, 0.2) is 5.58 Å². The largest absolute Gasteiger partial charge is 0.419 e. The fourth-order valence-electron chi connectivity index (χ4n) is 1.93. The van der Waals surface area contributed by atoms with Crippen molar-refractivity contribution in [3.05, 3.63) is 28.7 Å². The lowest BCUT2D eigenvalue weighted by atomic mass is 10.3. The van der Waals surface area contributed by atoms with Crippen LogP contribution in [0.25, 0.3) is 11.1 Å². The first-order valence-corrected chi connectivity index (χ1v) is 8.03. The van der Waals surface area contributed by atoms with Gasteiger partial charge < -0.3 is 4.42 Å². The van der Waals surface area contributed by atoms with Gasteiger partial charge >= 0.3 is 5.76 Å². The standard InChI is InChI=1S/C13H18N2O4S/c1-4-9(3)14-20(17,18)10-6-7-11-12(8-10)19-13(16)15(11)5-2/h6-9,14H,4-5H2,1-3H3/t9-/m1/s1. The predicted octanol–water partition coefficient (Wildman–Crippen LogP) is 1.69. The number of benzene rings is 1. The van der Waals surface area contributed by atoms with Crippen molar-refractivity contribution in [2.24, 2.45) is 0 Å². The molecule has 20 heavy (non-hydrogen) atoms. The highest BCUT2D eigenvalue weighted by molar-refractivity contribution is 7.89. The first-order chi connectivity index (χ1) is 9.39. The molecule has 0 radical (unpaired) electrons. The van der Waals surface area contributed by atoms with Gasteiger partial charge in [-0.15, -0.1) is 0 Å². The number of hydrogen-bond acceptors (Lipinski definition) is 4. The summed E-state index contributed by atoms with van der Waals surface area (Å²) in [6, 6.07) is 4.30. The number of hydrogen-bond donors (Lipinski definition) is 1. The Labute approximate surface area is 117 Å². The second kappa shape index (κ2) is 5.41. The van der Waals surface area contributed by atoms with Gasteiger partial charge in [0.1, 0.15) is 0 Å². The van der Waals surface area contributed by atoms with Crippen molar-refractivity contribution < 1.29 is 12.8 Å². The number of sulfonamides is 1. The summed E-state index contributed by atoms with van der Waals surface area (Å²) in [5.41, 5.74) is 0.879. The molecule has 2 rings (SSSR count). The van der Waals surface area contributed by atoms with E-state index in [-0.39, 0.29) is 16.5 Å². The molecule has 7 heteroatoms. The summed E-state index contributed by atoms with van der Waals surface area (Å²) in [6.45, 7) is 6.00.